The number of likely N-dealkylation sites (tertiary alicyclic amines) is 1. The number of amides is 3. The highest BCUT2D eigenvalue weighted by Crippen LogP contribution is 2.37. The predicted molar refractivity (Wildman–Crippen MR) is 183 cm³/mol. The SMILES string of the molecule is C=C1CCC(N(C=O)c2ccc(C3CCN(CC(CCNC(C)=O)CCOCC4CCC5CCCN54)CC3)cc2N(C)C)C(=O)N1. The third-order valence-electron chi connectivity index (χ3n) is 10.7. The number of ether oxygens (including phenoxy) is 1. The smallest absolute Gasteiger partial charge is 0.247 e. The average molecular weight is 637 g/mol. The lowest BCUT2D eigenvalue weighted by Gasteiger charge is -2.36. The molecule has 254 valence electrons. The number of piperidine rings is 2. The second-order valence-corrected chi connectivity index (χ2v) is 14.1. The molecule has 10 nitrogen and oxygen atoms in total. The van der Waals surface area contributed by atoms with Gasteiger partial charge < -0.3 is 30.1 Å². The molecular formula is C36H56N6O4. The number of rotatable bonds is 15. The van der Waals surface area contributed by atoms with E-state index in [0.717, 1.165) is 82.4 Å². The number of fused-ring (bicyclic) bond motifs is 1. The second-order valence-electron chi connectivity index (χ2n) is 14.1. The molecule has 1 aromatic carbocycles. The molecule has 4 fully saturated rings. The molecule has 3 amide bonds. The van der Waals surface area contributed by atoms with Gasteiger partial charge in [-0.2, -0.15) is 0 Å². The Kier molecular flexibility index (Phi) is 12.1. The summed E-state index contributed by atoms with van der Waals surface area (Å²) in [5.74, 6) is 0.775. The summed E-state index contributed by atoms with van der Waals surface area (Å²) in [6, 6.07) is 7.21. The van der Waals surface area contributed by atoms with Gasteiger partial charge in [-0.05, 0) is 113 Å². The maximum atomic E-state index is 12.7. The number of carbonyl (C=O) groups is 3. The van der Waals surface area contributed by atoms with Crippen molar-refractivity contribution in [2.75, 3.05) is 69.8 Å². The van der Waals surface area contributed by atoms with Gasteiger partial charge in [-0.1, -0.05) is 12.6 Å². The van der Waals surface area contributed by atoms with Crippen molar-refractivity contribution in [1.82, 2.24) is 20.4 Å². The Morgan fingerprint density at radius 2 is 1.91 bits per heavy atom. The third-order valence-corrected chi connectivity index (χ3v) is 10.7. The van der Waals surface area contributed by atoms with E-state index in [9.17, 15) is 14.4 Å². The number of benzene rings is 1. The molecular weight excluding hydrogens is 580 g/mol. The van der Waals surface area contributed by atoms with Gasteiger partial charge in [-0.3, -0.25) is 19.3 Å². The number of nitrogens with zero attached hydrogens (tertiary/aromatic N) is 4. The molecule has 0 aromatic heterocycles. The number of nitrogens with one attached hydrogen (secondary N) is 2. The van der Waals surface area contributed by atoms with E-state index in [0.29, 0.717) is 43.0 Å². The van der Waals surface area contributed by atoms with Crippen LogP contribution in [0.15, 0.2) is 30.5 Å². The first-order valence-corrected chi connectivity index (χ1v) is 17.6. The molecule has 10 heteroatoms. The van der Waals surface area contributed by atoms with E-state index in [1.807, 2.05) is 25.1 Å². The zero-order valence-corrected chi connectivity index (χ0v) is 28.3. The Bertz CT molecular complexity index is 1210. The van der Waals surface area contributed by atoms with Gasteiger partial charge in [0.05, 0.1) is 18.0 Å². The predicted octanol–water partition coefficient (Wildman–Crippen LogP) is 3.86. The molecule has 0 radical (unpaired) electrons. The Balaban J connectivity index is 1.14. The van der Waals surface area contributed by atoms with E-state index in [1.165, 1.54) is 37.8 Å². The Hall–Kier alpha value is -2.95. The first-order chi connectivity index (χ1) is 22.2. The van der Waals surface area contributed by atoms with Crippen LogP contribution < -0.4 is 20.4 Å². The van der Waals surface area contributed by atoms with Crippen LogP contribution >= 0.6 is 0 Å². The van der Waals surface area contributed by atoms with Crippen molar-refractivity contribution >= 4 is 29.6 Å². The fourth-order valence-corrected chi connectivity index (χ4v) is 8.14. The largest absolute Gasteiger partial charge is 0.380 e. The Morgan fingerprint density at radius 3 is 2.63 bits per heavy atom. The van der Waals surface area contributed by atoms with E-state index in [-0.39, 0.29) is 11.8 Å². The average Bonchev–Trinajstić information content (AvgIpc) is 3.66. The normalized spacial score (nSPS) is 24.8. The minimum absolute atomic E-state index is 0.0319. The van der Waals surface area contributed by atoms with Crippen molar-refractivity contribution in [3.05, 3.63) is 36.0 Å². The molecule has 1 aromatic rings. The van der Waals surface area contributed by atoms with Crippen LogP contribution in [0.3, 0.4) is 0 Å². The molecule has 0 saturated carbocycles. The van der Waals surface area contributed by atoms with E-state index in [2.05, 4.69) is 39.1 Å². The number of carbonyl (C=O) groups excluding carboxylic acids is 3. The van der Waals surface area contributed by atoms with Gasteiger partial charge in [-0.15, -0.1) is 0 Å². The summed E-state index contributed by atoms with van der Waals surface area (Å²) in [5, 5.41) is 5.81. The van der Waals surface area contributed by atoms with E-state index < -0.39 is 6.04 Å². The fraction of sp³-hybridized carbons (Fsp3) is 0.694. The molecule has 4 unspecified atom stereocenters. The number of anilines is 2. The van der Waals surface area contributed by atoms with Gasteiger partial charge in [0.15, 0.2) is 0 Å². The molecule has 4 aliphatic rings. The van der Waals surface area contributed by atoms with Crippen molar-refractivity contribution in [2.24, 2.45) is 5.92 Å². The fourth-order valence-electron chi connectivity index (χ4n) is 8.14. The quantitative estimate of drug-likeness (QED) is 0.223. The zero-order chi connectivity index (χ0) is 32.6. The molecule has 0 spiro atoms. The van der Waals surface area contributed by atoms with E-state index in [4.69, 9.17) is 4.74 Å². The number of allylic oxidation sites excluding steroid dienone is 1. The summed E-state index contributed by atoms with van der Waals surface area (Å²) < 4.78 is 6.26. The monoisotopic (exact) mass is 636 g/mol. The summed E-state index contributed by atoms with van der Waals surface area (Å²) in [6.07, 6.45) is 11.4. The summed E-state index contributed by atoms with van der Waals surface area (Å²) in [7, 11) is 3.97. The van der Waals surface area contributed by atoms with Crippen molar-refractivity contribution in [2.45, 2.75) is 95.2 Å². The van der Waals surface area contributed by atoms with Gasteiger partial charge in [-0.25, -0.2) is 0 Å². The molecule has 4 aliphatic heterocycles. The number of hydrogen-bond acceptors (Lipinski definition) is 7. The van der Waals surface area contributed by atoms with Crippen molar-refractivity contribution in [3.8, 4) is 0 Å². The van der Waals surface area contributed by atoms with Crippen LogP contribution in [0, 0.1) is 5.92 Å². The summed E-state index contributed by atoms with van der Waals surface area (Å²) in [5.41, 5.74) is 3.68. The van der Waals surface area contributed by atoms with Gasteiger partial charge in [0.25, 0.3) is 0 Å². The van der Waals surface area contributed by atoms with Crippen molar-refractivity contribution in [3.63, 3.8) is 0 Å². The van der Waals surface area contributed by atoms with Crippen LogP contribution in [-0.4, -0.2) is 106 Å². The number of hydrogen-bond donors (Lipinski definition) is 2. The standard InChI is InChI=1S/C36H56N6O4/c1-26-7-11-34(36(45)38-26)42(25-43)33-12-8-30(22-35(33)39(3)4)29-14-19-40(20-15-29)23-28(13-17-37-27(2)44)16-21-46-24-32-10-9-31-6-5-18-41(31)32/h8,12,22,25,28-29,31-32,34H,1,5-7,9-11,13-21,23-24H2,2-4H3,(H,37,44)(H,38,45). The van der Waals surface area contributed by atoms with Crippen LogP contribution in [0.2, 0.25) is 0 Å². The summed E-state index contributed by atoms with van der Waals surface area (Å²) in [4.78, 5) is 45.4. The van der Waals surface area contributed by atoms with Gasteiger partial charge in [0.2, 0.25) is 18.2 Å². The second kappa shape index (κ2) is 16.2. The molecule has 46 heavy (non-hydrogen) atoms. The third kappa shape index (κ3) is 8.69. The first-order valence-electron chi connectivity index (χ1n) is 17.6. The van der Waals surface area contributed by atoms with Crippen molar-refractivity contribution < 1.29 is 19.1 Å². The molecule has 0 bridgehead atoms. The van der Waals surface area contributed by atoms with Crippen LogP contribution in [0.5, 0.6) is 0 Å². The maximum Gasteiger partial charge on any atom is 0.247 e. The highest BCUT2D eigenvalue weighted by atomic mass is 16.5. The first kappa shape index (κ1) is 34.4. The minimum atomic E-state index is -0.542. The minimum Gasteiger partial charge on any atom is -0.380 e. The summed E-state index contributed by atoms with van der Waals surface area (Å²) in [6.45, 7) is 12.1. The van der Waals surface area contributed by atoms with Gasteiger partial charge in [0.1, 0.15) is 6.04 Å². The Labute approximate surface area is 275 Å². The lowest BCUT2D eigenvalue weighted by molar-refractivity contribution is -0.124. The lowest BCUT2D eigenvalue weighted by Crippen LogP contribution is -2.49. The maximum absolute atomic E-state index is 12.7. The van der Waals surface area contributed by atoms with Crippen LogP contribution in [0.1, 0.15) is 82.6 Å². The molecule has 0 aliphatic carbocycles. The summed E-state index contributed by atoms with van der Waals surface area (Å²) >= 11 is 0. The van der Waals surface area contributed by atoms with E-state index >= 15 is 0 Å². The van der Waals surface area contributed by atoms with Gasteiger partial charge >= 0.3 is 0 Å². The highest BCUT2D eigenvalue weighted by Gasteiger charge is 2.36. The lowest BCUT2D eigenvalue weighted by atomic mass is 9.88. The Morgan fingerprint density at radius 1 is 1.11 bits per heavy atom. The molecule has 5 rings (SSSR count). The molecule has 4 atom stereocenters. The van der Waals surface area contributed by atoms with Gasteiger partial charge in [0, 0.05) is 58.5 Å². The van der Waals surface area contributed by atoms with Crippen LogP contribution in [0.4, 0.5) is 11.4 Å². The van der Waals surface area contributed by atoms with Crippen molar-refractivity contribution in [1.29, 1.82) is 0 Å². The molecule has 2 N–H and O–H groups in total. The molecule has 4 saturated heterocycles. The van der Waals surface area contributed by atoms with Crippen LogP contribution in [0.25, 0.3) is 0 Å². The molecule has 4 heterocycles. The van der Waals surface area contributed by atoms with E-state index in [1.54, 1.807) is 11.8 Å². The topological polar surface area (TPSA) is 97.5 Å². The highest BCUT2D eigenvalue weighted by molar-refractivity contribution is 5.96. The van der Waals surface area contributed by atoms with Crippen LogP contribution in [-0.2, 0) is 19.1 Å². The zero-order valence-electron chi connectivity index (χ0n) is 28.3.